The lowest BCUT2D eigenvalue weighted by Gasteiger charge is -2.44. The molecule has 11 heteroatoms. The Morgan fingerprint density at radius 1 is 0.434 bits per heavy atom. The van der Waals surface area contributed by atoms with Crippen LogP contribution in [0.5, 0.6) is 5.88 Å². The van der Waals surface area contributed by atoms with Gasteiger partial charge in [0.25, 0.3) is 0 Å². The Kier molecular flexibility index (Phi) is 51.8. The zero-order valence-electron chi connectivity index (χ0n) is 72.4. The van der Waals surface area contributed by atoms with E-state index in [0.717, 1.165) is 68.4 Å². The van der Waals surface area contributed by atoms with E-state index >= 15 is 0 Å². The average Bonchev–Trinajstić information content (AvgIpc) is 1.79. The van der Waals surface area contributed by atoms with Crippen molar-refractivity contribution in [2.75, 3.05) is 139 Å². The predicted molar refractivity (Wildman–Crippen MR) is 443 cm³/mol. The molecule has 0 spiro atoms. The molecule has 0 unspecified atom stereocenters. The molecule has 4 aromatic rings. The third kappa shape index (κ3) is 58.4. The molecule has 0 bridgehead atoms. The van der Waals surface area contributed by atoms with E-state index in [4.69, 9.17) is 9.47 Å². The van der Waals surface area contributed by atoms with Crippen molar-refractivity contribution >= 4 is 0 Å². The van der Waals surface area contributed by atoms with Crippen LogP contribution in [0.15, 0.2) is 109 Å². The normalized spacial score (nSPS) is 18.1. The summed E-state index contributed by atoms with van der Waals surface area (Å²) in [7, 11) is 6.55. The molecule has 8 heterocycles. The van der Waals surface area contributed by atoms with Gasteiger partial charge in [0.15, 0.2) is 0 Å². The summed E-state index contributed by atoms with van der Waals surface area (Å²) >= 11 is 0. The topological polar surface area (TPSA) is 59.0 Å². The number of hydrogen-bond acceptors (Lipinski definition) is 10. The number of ether oxygens (including phenoxy) is 2. The van der Waals surface area contributed by atoms with Crippen molar-refractivity contribution in [3.63, 3.8) is 0 Å². The summed E-state index contributed by atoms with van der Waals surface area (Å²) in [4.78, 5) is 17.1. The first kappa shape index (κ1) is 99.5. The van der Waals surface area contributed by atoms with Gasteiger partial charge in [-0.05, 0) is 161 Å². The van der Waals surface area contributed by atoms with E-state index < -0.39 is 0 Å². The molecule has 0 saturated carbocycles. The molecule has 1 aromatic heterocycles. The summed E-state index contributed by atoms with van der Waals surface area (Å²) in [5.74, 6) is 2.83. The number of nitrogens with zero attached hydrogens (tertiary/aromatic N) is 9. The van der Waals surface area contributed by atoms with E-state index in [1.807, 2.05) is 129 Å². The lowest BCUT2D eigenvalue weighted by atomic mass is 9.76. The van der Waals surface area contributed by atoms with Crippen molar-refractivity contribution in [2.24, 2.45) is 38.9 Å². The fourth-order valence-electron chi connectivity index (χ4n) is 9.96. The van der Waals surface area contributed by atoms with Gasteiger partial charge in [0.05, 0.1) is 25.5 Å². The number of piperazine rings is 1. The first-order chi connectivity index (χ1) is 45.6. The number of likely N-dealkylation sites (N-methyl/N-ethyl adjacent to an activating group) is 1. The Hall–Kier alpha value is -3.65. The summed E-state index contributed by atoms with van der Waals surface area (Å²) in [6.07, 6.45) is 4.14. The molecular weight excluding hydrogens is 1220 g/mol. The van der Waals surface area contributed by atoms with Crippen LogP contribution in [0.4, 0.5) is 0 Å². The molecule has 7 aliphatic heterocycles. The molecule has 0 aliphatic carbocycles. The quantitative estimate of drug-likeness (QED) is 0.198. The van der Waals surface area contributed by atoms with Crippen LogP contribution in [0.3, 0.4) is 0 Å². The fourth-order valence-corrected chi connectivity index (χ4v) is 9.96. The van der Waals surface area contributed by atoms with E-state index in [-0.39, 0.29) is 0 Å². The maximum absolute atomic E-state index is 5.40. The molecule has 0 N–H and O–H groups in total. The second kappa shape index (κ2) is 51.5. The highest BCUT2D eigenvalue weighted by Gasteiger charge is 2.33. The van der Waals surface area contributed by atoms with Crippen molar-refractivity contribution in [3.05, 3.63) is 109 Å². The lowest BCUT2D eigenvalue weighted by molar-refractivity contribution is -0.00389. The minimum atomic E-state index is 0.323. The van der Waals surface area contributed by atoms with Crippen LogP contribution in [-0.2, 0) is 11.3 Å². The molecule has 0 radical (unpaired) electrons. The van der Waals surface area contributed by atoms with Crippen LogP contribution in [0.25, 0.3) is 11.3 Å². The molecule has 7 aliphatic rings. The van der Waals surface area contributed by atoms with E-state index in [1.54, 1.807) is 0 Å². The second-order valence-corrected chi connectivity index (χ2v) is 36.9. The molecule has 11 rings (SSSR count). The number of hydrogen-bond donors (Lipinski definition) is 0. The number of rotatable bonds is 3. The van der Waals surface area contributed by atoms with Crippen molar-refractivity contribution in [1.29, 1.82) is 0 Å². The molecule has 11 nitrogen and oxygen atoms in total. The highest BCUT2D eigenvalue weighted by Crippen LogP contribution is 2.32. The van der Waals surface area contributed by atoms with E-state index in [2.05, 4.69) is 267 Å². The van der Waals surface area contributed by atoms with Crippen molar-refractivity contribution in [2.45, 2.75) is 264 Å². The Bertz CT molecular complexity index is 2250. The van der Waals surface area contributed by atoms with Gasteiger partial charge < -0.3 is 29.1 Å². The van der Waals surface area contributed by atoms with Crippen molar-refractivity contribution in [1.82, 2.24) is 44.1 Å². The van der Waals surface area contributed by atoms with Crippen LogP contribution in [0.1, 0.15) is 241 Å². The SMILES string of the molecule is CC.CC.CC(C)(C)C.CC(C)(C)C.CC(C)(C)C.CC(C)(C)N1CCC1.CC(C)(C)N1CCOCC1.CCC1CN(C)C1.CCN1CCC(C)(C)C1.CN1CC(C(C)(C)C)C1.CN1CCN(C(C)(C)C)CC1.c1ccc(-c2cc3n(n2)CCO3)cc1.c1ccccc1.c1ccccc1. The van der Waals surface area contributed by atoms with Crippen LogP contribution in [-0.4, -0.2) is 200 Å². The van der Waals surface area contributed by atoms with Crippen LogP contribution < -0.4 is 4.74 Å². The van der Waals surface area contributed by atoms with Gasteiger partial charge in [0.1, 0.15) is 6.61 Å². The van der Waals surface area contributed by atoms with Gasteiger partial charge in [-0.2, -0.15) is 5.10 Å². The zero-order valence-corrected chi connectivity index (χ0v) is 72.4. The van der Waals surface area contributed by atoms with Gasteiger partial charge in [-0.15, -0.1) is 0 Å². The highest BCUT2D eigenvalue weighted by atomic mass is 16.5. The first-order valence-corrected chi connectivity index (χ1v) is 39.0. The third-order valence-corrected chi connectivity index (χ3v) is 16.1. The molecule has 578 valence electrons. The van der Waals surface area contributed by atoms with Crippen LogP contribution in [0.2, 0.25) is 0 Å². The van der Waals surface area contributed by atoms with E-state index in [9.17, 15) is 0 Å². The fraction of sp³-hybridized carbons (Fsp3) is 0.761. The maximum Gasteiger partial charge on any atom is 0.212 e. The standard InChI is InChI=1S/C11H10N2O.C9H20N2.C8H17NO.2C8H17N.C7H15N.C6H13N.2C6H6.3C5H12.2C2H6/c1-2-4-9(5-3-1)10-8-11-13(12-10)6-7-14-11;1-9(2,3)11-7-5-10(4)6-8-11;1-8(2,3)9-4-6-10-7-5-9;1-8(2,3)7-5-9(4)6-7;1-4-9-6-5-8(2,3)7-9;1-7(2,3)8-5-4-6-8;1-3-6-4-7(2)5-6;2*1-2-4-6-5-3-1;3*1-5(2,3)4;2*1-2/h1-5,8H,6-7H2;5-8H2,1-4H3;4-7H2,1-3H3;7H,5-6H2,1-4H3;4-7H2,1-3H3;4-6H2,1-3H3;6H,3-5H2,1-2H3;2*1-6H;3*1-4H3;2*1-2H3. The van der Waals surface area contributed by atoms with Gasteiger partial charge in [-0.1, -0.05) is 269 Å². The molecule has 0 atom stereocenters. The van der Waals surface area contributed by atoms with Gasteiger partial charge in [-0.25, -0.2) is 4.68 Å². The predicted octanol–water partition coefficient (Wildman–Crippen LogP) is 21.5. The van der Waals surface area contributed by atoms with Gasteiger partial charge >= 0.3 is 0 Å². The summed E-state index contributed by atoms with van der Waals surface area (Å²) in [6, 6.07) is 36.1. The monoisotopic (exact) mass is 1380 g/mol. The number of morpholine rings is 1. The number of benzene rings is 3. The molecule has 6 saturated heterocycles. The summed E-state index contributed by atoms with van der Waals surface area (Å²) in [5.41, 5.74) is 5.87. The Labute approximate surface area is 618 Å². The molecule has 6 fully saturated rings. The van der Waals surface area contributed by atoms with Crippen LogP contribution in [0, 0.1) is 38.9 Å². The number of aromatic nitrogens is 2. The van der Waals surface area contributed by atoms with Gasteiger partial charge in [0.2, 0.25) is 5.88 Å². The minimum Gasteiger partial charge on any atom is -0.476 e. The third-order valence-electron chi connectivity index (χ3n) is 16.1. The Morgan fingerprint density at radius 2 is 0.788 bits per heavy atom. The lowest BCUT2D eigenvalue weighted by Crippen LogP contribution is -2.52. The number of likely N-dealkylation sites (tertiary alicyclic amines) is 4. The molecular formula is C88H169N9O2. The van der Waals surface area contributed by atoms with Gasteiger partial charge in [-0.3, -0.25) is 14.7 Å². The Balaban J connectivity index is -0.00000102. The zero-order chi connectivity index (χ0) is 76.9. The number of fused-ring (bicyclic) bond motifs is 1. The van der Waals surface area contributed by atoms with E-state index in [0.29, 0.717) is 43.7 Å². The highest BCUT2D eigenvalue weighted by molar-refractivity contribution is 5.60. The summed E-state index contributed by atoms with van der Waals surface area (Å²) in [6.45, 7) is 93.0. The van der Waals surface area contributed by atoms with E-state index in [1.165, 1.54) is 104 Å². The Morgan fingerprint density at radius 3 is 1.02 bits per heavy atom. The average molecular weight is 1390 g/mol. The first-order valence-electron chi connectivity index (χ1n) is 39.0. The van der Waals surface area contributed by atoms with Gasteiger partial charge in [0, 0.05) is 100 Å². The summed E-state index contributed by atoms with van der Waals surface area (Å²) in [5, 5.41) is 4.45. The minimum absolute atomic E-state index is 0.323. The van der Waals surface area contributed by atoms with Crippen molar-refractivity contribution < 1.29 is 9.47 Å². The molecule has 99 heavy (non-hydrogen) atoms. The van der Waals surface area contributed by atoms with Crippen LogP contribution >= 0.6 is 0 Å². The second-order valence-electron chi connectivity index (χ2n) is 36.9. The maximum atomic E-state index is 5.40. The largest absolute Gasteiger partial charge is 0.476 e. The van der Waals surface area contributed by atoms with Crippen molar-refractivity contribution in [3.8, 4) is 17.1 Å². The molecule has 3 aromatic carbocycles. The molecule has 0 amide bonds. The smallest absolute Gasteiger partial charge is 0.212 e. The summed E-state index contributed by atoms with van der Waals surface area (Å²) < 4.78 is 12.6.